The molecule has 0 fully saturated rings. The maximum Gasteiger partial charge on any atom is 0.142 e. The number of nitrogens with two attached hydrogens (primary N) is 1. The summed E-state index contributed by atoms with van der Waals surface area (Å²) in [6.07, 6.45) is 7.26. The molecule has 0 heterocycles. The van der Waals surface area contributed by atoms with Gasteiger partial charge in [-0.25, -0.2) is 0 Å². The van der Waals surface area contributed by atoms with Crippen LogP contribution in [-0.2, 0) is 5.41 Å². The summed E-state index contributed by atoms with van der Waals surface area (Å²) < 4.78 is 5.72. The molecule has 114 valence electrons. The lowest BCUT2D eigenvalue weighted by atomic mass is 9.80. The van der Waals surface area contributed by atoms with E-state index in [1.54, 1.807) is 0 Å². The quantitative estimate of drug-likeness (QED) is 0.490. The van der Waals surface area contributed by atoms with E-state index < -0.39 is 0 Å². The zero-order chi connectivity index (χ0) is 15.0. The normalized spacial score (nSPS) is 11.6. The van der Waals surface area contributed by atoms with E-state index in [0.717, 1.165) is 30.9 Å². The first-order valence-corrected chi connectivity index (χ1v) is 8.04. The van der Waals surface area contributed by atoms with Gasteiger partial charge in [-0.05, 0) is 36.0 Å². The van der Waals surface area contributed by atoms with Gasteiger partial charge in [0, 0.05) is 0 Å². The van der Waals surface area contributed by atoms with Crippen LogP contribution in [0, 0.1) is 0 Å². The topological polar surface area (TPSA) is 35.2 Å². The number of rotatable bonds is 9. The van der Waals surface area contributed by atoms with Crippen LogP contribution in [0.4, 0.5) is 5.69 Å². The molecule has 1 aromatic carbocycles. The van der Waals surface area contributed by atoms with Gasteiger partial charge in [-0.15, -0.1) is 0 Å². The van der Waals surface area contributed by atoms with E-state index in [0.29, 0.717) is 0 Å². The number of nitrogen functional groups attached to an aromatic ring is 1. The molecule has 0 aliphatic heterocycles. The maximum absolute atomic E-state index is 6.13. The van der Waals surface area contributed by atoms with Crippen molar-refractivity contribution < 1.29 is 4.74 Å². The van der Waals surface area contributed by atoms with Crippen molar-refractivity contribution in [3.8, 4) is 5.75 Å². The van der Waals surface area contributed by atoms with Crippen LogP contribution in [0.3, 0.4) is 0 Å². The number of hydrogen-bond donors (Lipinski definition) is 1. The average Bonchev–Trinajstić information content (AvgIpc) is 2.41. The lowest BCUT2D eigenvalue weighted by Crippen LogP contribution is -2.17. The zero-order valence-corrected chi connectivity index (χ0v) is 13.7. The number of ether oxygens (including phenoxy) is 1. The molecule has 2 heteroatoms. The Kier molecular flexibility index (Phi) is 6.90. The predicted octanol–water partition coefficient (Wildman–Crippen LogP) is 5.31. The third kappa shape index (κ3) is 5.07. The highest BCUT2D eigenvalue weighted by molar-refractivity contribution is 5.55. The van der Waals surface area contributed by atoms with Gasteiger partial charge in [-0.3, -0.25) is 0 Å². The van der Waals surface area contributed by atoms with Crippen LogP contribution < -0.4 is 10.5 Å². The molecular formula is C18H31NO. The summed E-state index contributed by atoms with van der Waals surface area (Å²) in [6.45, 7) is 9.76. The molecular weight excluding hydrogens is 246 g/mol. The molecule has 0 amide bonds. The van der Waals surface area contributed by atoms with Gasteiger partial charge in [0.2, 0.25) is 0 Å². The highest BCUT2D eigenvalue weighted by atomic mass is 16.5. The Morgan fingerprint density at radius 3 is 2.35 bits per heavy atom. The van der Waals surface area contributed by atoms with Crippen LogP contribution in [0.1, 0.15) is 71.8 Å². The minimum absolute atomic E-state index is 0.186. The van der Waals surface area contributed by atoms with Crippen LogP contribution >= 0.6 is 0 Å². The molecule has 20 heavy (non-hydrogen) atoms. The second kappa shape index (κ2) is 8.18. The van der Waals surface area contributed by atoms with Gasteiger partial charge in [0.15, 0.2) is 0 Å². The monoisotopic (exact) mass is 277 g/mol. The first-order chi connectivity index (χ1) is 9.51. The molecule has 0 bridgehead atoms. The molecule has 0 atom stereocenters. The molecule has 0 aliphatic carbocycles. The van der Waals surface area contributed by atoms with Crippen molar-refractivity contribution in [3.05, 3.63) is 23.8 Å². The summed E-state index contributed by atoms with van der Waals surface area (Å²) in [6, 6.07) is 6.29. The molecule has 1 aromatic rings. The number of unbranched alkanes of at least 4 members (excludes halogenated alkanes) is 3. The van der Waals surface area contributed by atoms with E-state index in [2.05, 4.69) is 39.8 Å². The summed E-state index contributed by atoms with van der Waals surface area (Å²) in [7, 11) is 0. The third-order valence-corrected chi connectivity index (χ3v) is 3.95. The molecule has 0 unspecified atom stereocenters. The fourth-order valence-corrected chi connectivity index (χ4v) is 2.39. The van der Waals surface area contributed by atoms with E-state index in [4.69, 9.17) is 10.5 Å². The van der Waals surface area contributed by atoms with E-state index in [-0.39, 0.29) is 5.41 Å². The predicted molar refractivity (Wildman–Crippen MR) is 88.4 cm³/mol. The van der Waals surface area contributed by atoms with Crippen molar-refractivity contribution in [2.45, 2.75) is 71.6 Å². The molecule has 0 radical (unpaired) electrons. The van der Waals surface area contributed by atoms with Gasteiger partial charge in [0.05, 0.1) is 12.3 Å². The summed E-state index contributed by atoms with van der Waals surface area (Å²) in [5.41, 5.74) is 8.40. The second-order valence-electron chi connectivity index (χ2n) is 6.30. The Balaban J connectivity index is 2.69. The fourth-order valence-electron chi connectivity index (χ4n) is 2.39. The van der Waals surface area contributed by atoms with Crippen LogP contribution in [0.2, 0.25) is 0 Å². The van der Waals surface area contributed by atoms with Gasteiger partial charge in [-0.1, -0.05) is 59.4 Å². The standard InChI is InChI=1S/C18H31NO/c1-5-7-9-12-18(3,4)15-10-11-17(16(19)14-15)20-13-8-6-2/h10-11,14H,5-9,12-13,19H2,1-4H3. The van der Waals surface area contributed by atoms with Gasteiger partial charge in [0.25, 0.3) is 0 Å². The summed E-state index contributed by atoms with van der Waals surface area (Å²) in [4.78, 5) is 0. The Labute approximate surface area is 124 Å². The maximum atomic E-state index is 6.13. The summed E-state index contributed by atoms with van der Waals surface area (Å²) in [5.74, 6) is 0.826. The van der Waals surface area contributed by atoms with E-state index in [9.17, 15) is 0 Å². The second-order valence-corrected chi connectivity index (χ2v) is 6.30. The number of anilines is 1. The van der Waals surface area contributed by atoms with E-state index in [1.165, 1.54) is 31.2 Å². The Morgan fingerprint density at radius 1 is 1.05 bits per heavy atom. The van der Waals surface area contributed by atoms with Crippen LogP contribution in [0.25, 0.3) is 0 Å². The summed E-state index contributed by atoms with van der Waals surface area (Å²) >= 11 is 0. The van der Waals surface area contributed by atoms with Crippen molar-refractivity contribution in [2.24, 2.45) is 0 Å². The third-order valence-electron chi connectivity index (χ3n) is 3.95. The van der Waals surface area contributed by atoms with Crippen LogP contribution in [0.5, 0.6) is 5.75 Å². The first-order valence-electron chi connectivity index (χ1n) is 8.04. The number of benzene rings is 1. The molecule has 2 nitrogen and oxygen atoms in total. The zero-order valence-electron chi connectivity index (χ0n) is 13.7. The number of hydrogen-bond acceptors (Lipinski definition) is 2. The Hall–Kier alpha value is -1.18. The highest BCUT2D eigenvalue weighted by Crippen LogP contribution is 2.33. The molecule has 0 saturated heterocycles. The van der Waals surface area contributed by atoms with Crippen LogP contribution in [-0.4, -0.2) is 6.61 Å². The van der Waals surface area contributed by atoms with Crippen LogP contribution in [0.15, 0.2) is 18.2 Å². The Morgan fingerprint density at radius 2 is 1.75 bits per heavy atom. The van der Waals surface area contributed by atoms with Gasteiger partial charge < -0.3 is 10.5 Å². The summed E-state index contributed by atoms with van der Waals surface area (Å²) in [5, 5.41) is 0. The smallest absolute Gasteiger partial charge is 0.142 e. The van der Waals surface area contributed by atoms with Crippen molar-refractivity contribution in [1.29, 1.82) is 0 Å². The Bertz CT molecular complexity index is 398. The molecule has 2 N–H and O–H groups in total. The van der Waals surface area contributed by atoms with Gasteiger partial charge in [0.1, 0.15) is 5.75 Å². The lowest BCUT2D eigenvalue weighted by molar-refractivity contribution is 0.310. The first kappa shape index (κ1) is 16.9. The molecule has 0 saturated carbocycles. The van der Waals surface area contributed by atoms with Crippen molar-refractivity contribution >= 4 is 5.69 Å². The van der Waals surface area contributed by atoms with Crippen molar-refractivity contribution in [1.82, 2.24) is 0 Å². The largest absolute Gasteiger partial charge is 0.491 e. The molecule has 1 rings (SSSR count). The SMILES string of the molecule is CCCCCC(C)(C)c1ccc(OCCCC)c(N)c1. The van der Waals surface area contributed by atoms with E-state index >= 15 is 0 Å². The van der Waals surface area contributed by atoms with E-state index in [1.807, 2.05) is 6.07 Å². The van der Waals surface area contributed by atoms with Crippen molar-refractivity contribution in [3.63, 3.8) is 0 Å². The van der Waals surface area contributed by atoms with Gasteiger partial charge >= 0.3 is 0 Å². The van der Waals surface area contributed by atoms with Gasteiger partial charge in [-0.2, -0.15) is 0 Å². The molecule has 0 aliphatic rings. The van der Waals surface area contributed by atoms with Crippen molar-refractivity contribution in [2.75, 3.05) is 12.3 Å². The molecule has 0 spiro atoms. The minimum Gasteiger partial charge on any atom is -0.491 e. The highest BCUT2D eigenvalue weighted by Gasteiger charge is 2.20. The fraction of sp³-hybridized carbons (Fsp3) is 0.667. The lowest BCUT2D eigenvalue weighted by Gasteiger charge is -2.26. The molecule has 0 aromatic heterocycles. The minimum atomic E-state index is 0.186. The average molecular weight is 277 g/mol.